The summed E-state index contributed by atoms with van der Waals surface area (Å²) in [5.41, 5.74) is 1.97. The summed E-state index contributed by atoms with van der Waals surface area (Å²) >= 11 is 0. The Balaban J connectivity index is 1.31. The molecule has 0 unspecified atom stereocenters. The van der Waals surface area contributed by atoms with Crippen LogP contribution in [0.2, 0.25) is 0 Å². The van der Waals surface area contributed by atoms with Crippen molar-refractivity contribution in [1.29, 1.82) is 0 Å². The third-order valence-corrected chi connectivity index (χ3v) is 5.87. The summed E-state index contributed by atoms with van der Waals surface area (Å²) in [6, 6.07) is 17.3. The van der Waals surface area contributed by atoms with E-state index in [1.807, 2.05) is 82.3 Å². The Morgan fingerprint density at radius 1 is 1.00 bits per heavy atom. The van der Waals surface area contributed by atoms with Crippen molar-refractivity contribution in [3.63, 3.8) is 0 Å². The van der Waals surface area contributed by atoms with Crippen LogP contribution in [0.3, 0.4) is 0 Å². The minimum absolute atomic E-state index is 0.139. The fourth-order valence-electron chi connectivity index (χ4n) is 3.23. The maximum absolute atomic E-state index is 11.9. The van der Waals surface area contributed by atoms with Crippen LogP contribution < -0.4 is 10.8 Å². The number of ether oxygens (including phenoxy) is 1. The second-order valence-corrected chi connectivity index (χ2v) is 8.74. The molecule has 2 heterocycles. The van der Waals surface area contributed by atoms with Gasteiger partial charge >= 0.3 is 13.2 Å². The van der Waals surface area contributed by atoms with Crippen molar-refractivity contribution >= 4 is 18.7 Å². The third kappa shape index (κ3) is 4.87. The number of rotatable bonds is 6. The number of nitrogens with zero attached hydrogens (tertiary/aromatic N) is 1. The molecule has 7 nitrogen and oxygen atoms in total. The van der Waals surface area contributed by atoms with Gasteiger partial charge in [-0.1, -0.05) is 54.6 Å². The van der Waals surface area contributed by atoms with Crippen LogP contribution in [-0.4, -0.2) is 29.4 Å². The number of hydrogen-bond acceptors (Lipinski definition) is 6. The molecule has 1 aromatic heterocycles. The van der Waals surface area contributed by atoms with E-state index in [9.17, 15) is 4.79 Å². The third-order valence-electron chi connectivity index (χ3n) is 5.87. The standard InChI is InChI=1S/C24H27BN2O5/c1-23(2)24(3,4)32-25(31-23)19-12-10-18(11-13-19)20-14-26-21(30-20)15-27-22(28)29-16-17-8-6-5-7-9-17/h5-14H,15-16H2,1-4H3,(H,27,28). The van der Waals surface area contributed by atoms with E-state index in [2.05, 4.69) is 10.3 Å². The molecule has 1 fully saturated rings. The predicted octanol–water partition coefficient (Wildman–Crippen LogP) is 4.07. The van der Waals surface area contributed by atoms with E-state index in [0.29, 0.717) is 11.7 Å². The van der Waals surface area contributed by atoms with Crippen LogP contribution in [0.4, 0.5) is 4.79 Å². The summed E-state index contributed by atoms with van der Waals surface area (Å²) in [6.07, 6.45) is 1.11. The molecule has 166 valence electrons. The van der Waals surface area contributed by atoms with Gasteiger partial charge in [-0.25, -0.2) is 9.78 Å². The smallest absolute Gasteiger partial charge is 0.445 e. The molecule has 0 saturated carbocycles. The molecule has 3 aromatic rings. The van der Waals surface area contributed by atoms with Gasteiger partial charge in [0, 0.05) is 5.56 Å². The molecule has 8 heteroatoms. The largest absolute Gasteiger partial charge is 0.494 e. The van der Waals surface area contributed by atoms with Gasteiger partial charge in [0.1, 0.15) is 6.61 Å². The van der Waals surface area contributed by atoms with Crippen LogP contribution in [0.1, 0.15) is 39.1 Å². The fourth-order valence-corrected chi connectivity index (χ4v) is 3.23. The Bertz CT molecular complexity index is 1050. The predicted molar refractivity (Wildman–Crippen MR) is 121 cm³/mol. The van der Waals surface area contributed by atoms with Crippen LogP contribution >= 0.6 is 0 Å². The molecule has 1 saturated heterocycles. The minimum atomic E-state index is -0.527. The lowest BCUT2D eigenvalue weighted by molar-refractivity contribution is 0.00578. The maximum atomic E-state index is 11.9. The molecule has 0 spiro atoms. The first kappa shape index (κ1) is 22.1. The van der Waals surface area contributed by atoms with Crippen LogP contribution in [0.15, 0.2) is 65.2 Å². The molecule has 0 bridgehead atoms. The topological polar surface area (TPSA) is 82.8 Å². The Hall–Kier alpha value is -3.10. The number of carbonyl (C=O) groups excluding carboxylic acids is 1. The van der Waals surface area contributed by atoms with E-state index < -0.39 is 13.2 Å². The number of hydrogen-bond donors (Lipinski definition) is 1. The van der Waals surface area contributed by atoms with E-state index in [0.717, 1.165) is 16.6 Å². The fraction of sp³-hybridized carbons (Fsp3) is 0.333. The quantitative estimate of drug-likeness (QED) is 0.589. The lowest BCUT2D eigenvalue weighted by Crippen LogP contribution is -2.41. The molecule has 0 atom stereocenters. The zero-order valence-electron chi connectivity index (χ0n) is 18.8. The van der Waals surface area contributed by atoms with Crippen LogP contribution in [-0.2, 0) is 27.2 Å². The van der Waals surface area contributed by atoms with Gasteiger partial charge in [-0.3, -0.25) is 0 Å². The molecule has 1 aliphatic heterocycles. The highest BCUT2D eigenvalue weighted by Gasteiger charge is 2.51. The molecule has 0 radical (unpaired) electrons. The van der Waals surface area contributed by atoms with Crippen molar-refractivity contribution in [3.05, 3.63) is 72.2 Å². The van der Waals surface area contributed by atoms with Crippen molar-refractivity contribution in [1.82, 2.24) is 10.3 Å². The molecule has 1 aliphatic rings. The summed E-state index contributed by atoms with van der Waals surface area (Å²) in [4.78, 5) is 16.1. The summed E-state index contributed by atoms with van der Waals surface area (Å²) in [5.74, 6) is 1.01. The van der Waals surface area contributed by atoms with Gasteiger partial charge < -0.3 is 23.8 Å². The molecule has 1 N–H and O–H groups in total. The van der Waals surface area contributed by atoms with E-state index in [1.54, 1.807) is 6.20 Å². The lowest BCUT2D eigenvalue weighted by atomic mass is 9.79. The van der Waals surface area contributed by atoms with Crippen molar-refractivity contribution in [2.24, 2.45) is 0 Å². The van der Waals surface area contributed by atoms with Gasteiger partial charge in [-0.05, 0) is 38.7 Å². The van der Waals surface area contributed by atoms with Gasteiger partial charge in [0.05, 0.1) is 23.9 Å². The molecule has 2 aromatic carbocycles. The lowest BCUT2D eigenvalue weighted by Gasteiger charge is -2.32. The van der Waals surface area contributed by atoms with Crippen molar-refractivity contribution < 1.29 is 23.3 Å². The van der Waals surface area contributed by atoms with Gasteiger partial charge in [0.2, 0.25) is 5.89 Å². The molecular formula is C24H27BN2O5. The number of alkyl carbamates (subject to hydrolysis) is 1. The number of benzene rings is 2. The Kier molecular flexibility index (Phi) is 6.08. The highest BCUT2D eigenvalue weighted by atomic mass is 16.7. The first-order valence-electron chi connectivity index (χ1n) is 10.6. The Morgan fingerprint density at radius 2 is 1.66 bits per heavy atom. The summed E-state index contributed by atoms with van der Waals surface area (Å²) in [5, 5.41) is 2.65. The zero-order valence-corrected chi connectivity index (χ0v) is 18.8. The van der Waals surface area contributed by atoms with E-state index in [4.69, 9.17) is 18.5 Å². The number of nitrogens with one attached hydrogen (secondary N) is 1. The molecule has 32 heavy (non-hydrogen) atoms. The molecule has 0 aliphatic carbocycles. The van der Waals surface area contributed by atoms with E-state index in [1.165, 1.54) is 0 Å². The van der Waals surface area contributed by atoms with Gasteiger partial charge in [0.25, 0.3) is 0 Å². The van der Waals surface area contributed by atoms with E-state index >= 15 is 0 Å². The van der Waals surface area contributed by atoms with Gasteiger partial charge in [0.15, 0.2) is 5.76 Å². The monoisotopic (exact) mass is 434 g/mol. The van der Waals surface area contributed by atoms with Crippen molar-refractivity contribution in [2.45, 2.75) is 52.0 Å². The number of oxazole rings is 1. The van der Waals surface area contributed by atoms with E-state index in [-0.39, 0.29) is 24.4 Å². The normalized spacial score (nSPS) is 16.7. The van der Waals surface area contributed by atoms with Crippen LogP contribution in [0.25, 0.3) is 11.3 Å². The Labute approximate surface area is 188 Å². The molecule has 4 rings (SSSR count). The van der Waals surface area contributed by atoms with Crippen LogP contribution in [0.5, 0.6) is 0 Å². The second kappa shape index (κ2) is 8.80. The first-order chi connectivity index (χ1) is 15.2. The molecular weight excluding hydrogens is 407 g/mol. The average Bonchev–Trinajstić information content (AvgIpc) is 3.33. The van der Waals surface area contributed by atoms with Crippen molar-refractivity contribution in [3.8, 4) is 11.3 Å². The minimum Gasteiger partial charge on any atom is -0.445 e. The number of carbonyl (C=O) groups is 1. The highest BCUT2D eigenvalue weighted by molar-refractivity contribution is 6.62. The maximum Gasteiger partial charge on any atom is 0.494 e. The zero-order chi connectivity index (χ0) is 22.8. The van der Waals surface area contributed by atoms with Gasteiger partial charge in [-0.2, -0.15) is 0 Å². The first-order valence-corrected chi connectivity index (χ1v) is 10.6. The number of aromatic nitrogens is 1. The van der Waals surface area contributed by atoms with Gasteiger partial charge in [-0.15, -0.1) is 0 Å². The van der Waals surface area contributed by atoms with Crippen LogP contribution in [0, 0.1) is 0 Å². The van der Waals surface area contributed by atoms with Crippen molar-refractivity contribution in [2.75, 3.05) is 0 Å². The highest BCUT2D eigenvalue weighted by Crippen LogP contribution is 2.36. The second-order valence-electron chi connectivity index (χ2n) is 8.74. The number of amides is 1. The summed E-state index contributed by atoms with van der Waals surface area (Å²) in [7, 11) is -0.412. The molecule has 1 amide bonds. The average molecular weight is 434 g/mol. The summed E-state index contributed by atoms with van der Waals surface area (Å²) < 4.78 is 23.1. The summed E-state index contributed by atoms with van der Waals surface area (Å²) in [6.45, 7) is 8.47. The SMILES string of the molecule is CC1(C)OB(c2ccc(-c3cnc(CNC(=O)OCc4ccccc4)o3)cc2)OC1(C)C. The Morgan fingerprint density at radius 3 is 2.31 bits per heavy atom.